The molecule has 378 valence electrons. The maximum absolute atomic E-state index is 2.62. The first-order chi connectivity index (χ1) is 38.5. The molecule has 0 saturated carbocycles. The van der Waals surface area contributed by atoms with Gasteiger partial charge in [-0.05, 0) is 167 Å². The monoisotopic (exact) mass is 1030 g/mol. The highest BCUT2D eigenvalue weighted by Gasteiger charge is 2.53. The Balaban J connectivity index is 0.940. The van der Waals surface area contributed by atoms with E-state index in [0.717, 1.165) is 28.4 Å². The summed E-state index contributed by atoms with van der Waals surface area (Å²) in [4.78, 5) is 7.62. The second kappa shape index (κ2) is 16.5. The van der Waals surface area contributed by atoms with Gasteiger partial charge in [0.05, 0.1) is 11.1 Å². The van der Waals surface area contributed by atoms with Crippen molar-refractivity contribution in [2.24, 2.45) is 0 Å². The van der Waals surface area contributed by atoms with Crippen LogP contribution in [0.2, 0.25) is 0 Å². The van der Waals surface area contributed by atoms with Gasteiger partial charge in [0.1, 0.15) is 0 Å². The number of anilines is 6. The Labute approximate surface area is 468 Å². The molecule has 0 radical (unpaired) electrons. The van der Waals surface area contributed by atoms with Crippen molar-refractivity contribution in [3.8, 4) is 44.5 Å². The summed E-state index contributed by atoms with van der Waals surface area (Å²) in [5.74, 6) is 0. The molecule has 1 atom stereocenters. The van der Waals surface area contributed by atoms with E-state index in [0.29, 0.717) is 0 Å². The maximum atomic E-state index is 2.62. The number of nitrogens with zero attached hydrogens (tertiary/aromatic N) is 2. The third-order valence-electron chi connectivity index (χ3n) is 18.9. The van der Waals surface area contributed by atoms with Gasteiger partial charge in [-0.1, -0.05) is 223 Å². The minimum atomic E-state index is -0.671. The van der Waals surface area contributed by atoms with Gasteiger partial charge in [0.25, 0.3) is 0 Å². The van der Waals surface area contributed by atoms with Crippen LogP contribution in [0, 0.1) is 0 Å². The van der Waals surface area contributed by atoms with Crippen LogP contribution < -0.4 is 9.80 Å². The standard InChI is InChI=1S/C76H58N2S/c1-73(2)60-28-14-10-23-52(60)56-39-35-48(43-66(56)73)77(47-21-8-7-9-22-47)51-38-42-65-71(46-51)79-70-34-19-18-32-64(70)76(65)63-31-17-13-26-55(63)59-27-20-33-69(72(59)76)78(49-36-40-57-53-24-11-15-29-61(53)74(3,4)67(57)44-49)50-37-41-58-54-25-12-16-30-62(54)75(5,6)68(58)45-50/h7-46H,1-6H3. The van der Waals surface area contributed by atoms with E-state index in [2.05, 4.69) is 294 Å². The van der Waals surface area contributed by atoms with Crippen molar-refractivity contribution in [3.63, 3.8) is 0 Å². The molecule has 0 amide bonds. The van der Waals surface area contributed by atoms with E-state index in [1.54, 1.807) is 0 Å². The van der Waals surface area contributed by atoms with Gasteiger partial charge in [0.2, 0.25) is 0 Å². The molecule has 0 fully saturated rings. The Hall–Kier alpha value is -8.63. The molecular formula is C76H58N2S. The molecule has 0 aromatic heterocycles. The zero-order valence-corrected chi connectivity index (χ0v) is 46.2. The fraction of sp³-hybridized carbons (Fsp3) is 0.132. The van der Waals surface area contributed by atoms with Gasteiger partial charge in [0.15, 0.2) is 0 Å². The summed E-state index contributed by atoms with van der Waals surface area (Å²) in [7, 11) is 0. The predicted molar refractivity (Wildman–Crippen MR) is 330 cm³/mol. The summed E-state index contributed by atoms with van der Waals surface area (Å²) in [6, 6.07) is 92.6. The fourth-order valence-electron chi connectivity index (χ4n) is 15.2. The predicted octanol–water partition coefficient (Wildman–Crippen LogP) is 20.4. The van der Waals surface area contributed by atoms with Gasteiger partial charge < -0.3 is 9.80 Å². The van der Waals surface area contributed by atoms with Gasteiger partial charge in [-0.3, -0.25) is 0 Å². The summed E-state index contributed by atoms with van der Waals surface area (Å²) in [5.41, 5.74) is 29.7. The topological polar surface area (TPSA) is 6.48 Å². The van der Waals surface area contributed by atoms with E-state index in [1.807, 2.05) is 11.8 Å². The summed E-state index contributed by atoms with van der Waals surface area (Å²) < 4.78 is 0. The molecule has 3 heteroatoms. The van der Waals surface area contributed by atoms with Crippen LogP contribution in [0.1, 0.15) is 97.2 Å². The van der Waals surface area contributed by atoms with E-state index >= 15 is 0 Å². The Morgan fingerprint density at radius 2 is 0.633 bits per heavy atom. The molecule has 1 aliphatic heterocycles. The minimum absolute atomic E-state index is 0.136. The van der Waals surface area contributed by atoms with E-state index in [1.165, 1.54) is 116 Å². The molecule has 1 heterocycles. The first-order valence-electron chi connectivity index (χ1n) is 28.0. The van der Waals surface area contributed by atoms with E-state index in [4.69, 9.17) is 0 Å². The SMILES string of the molecule is CC1(C)c2ccccc2-c2ccc(N(c3ccccc3)c3ccc4c(c3)Sc3ccccc3C43c4ccccc4-c4cccc(N(c5ccc6c(c5)C(C)(C)c5ccccc5-6)c5ccc6c(c5)C(C)(C)c5ccccc5-6)c43)cc21. The van der Waals surface area contributed by atoms with Crippen molar-refractivity contribution in [3.05, 3.63) is 298 Å². The normalized spacial score (nSPS) is 17.0. The summed E-state index contributed by atoms with van der Waals surface area (Å²) in [6.07, 6.45) is 0. The molecule has 5 aliphatic rings. The van der Waals surface area contributed by atoms with Crippen LogP contribution in [0.5, 0.6) is 0 Å². The minimum Gasteiger partial charge on any atom is -0.310 e. The lowest BCUT2D eigenvalue weighted by Gasteiger charge is -2.42. The highest BCUT2D eigenvalue weighted by molar-refractivity contribution is 7.99. The van der Waals surface area contributed by atoms with E-state index in [9.17, 15) is 0 Å². The number of rotatable bonds is 6. The highest BCUT2D eigenvalue weighted by Crippen LogP contribution is 2.66. The first-order valence-corrected chi connectivity index (χ1v) is 28.8. The smallest absolute Gasteiger partial charge is 0.0755 e. The van der Waals surface area contributed by atoms with Crippen LogP contribution in [0.15, 0.2) is 252 Å². The molecule has 0 saturated heterocycles. The number of benzene rings is 11. The first kappa shape index (κ1) is 46.5. The molecule has 79 heavy (non-hydrogen) atoms. The summed E-state index contributed by atoms with van der Waals surface area (Å²) >= 11 is 1.91. The van der Waals surface area contributed by atoms with Crippen LogP contribution >= 0.6 is 11.8 Å². The number of fused-ring (bicyclic) bond motifs is 18. The zero-order chi connectivity index (χ0) is 53.2. The van der Waals surface area contributed by atoms with Gasteiger partial charge in [-0.15, -0.1) is 0 Å². The Morgan fingerprint density at radius 1 is 0.253 bits per heavy atom. The lowest BCUT2D eigenvalue weighted by Crippen LogP contribution is -2.33. The van der Waals surface area contributed by atoms with Gasteiger partial charge >= 0.3 is 0 Å². The van der Waals surface area contributed by atoms with Crippen molar-refractivity contribution in [2.45, 2.75) is 73.0 Å². The van der Waals surface area contributed by atoms with Crippen LogP contribution in [-0.2, 0) is 21.7 Å². The highest BCUT2D eigenvalue weighted by atomic mass is 32.2. The van der Waals surface area contributed by atoms with Crippen molar-refractivity contribution >= 4 is 45.9 Å². The lowest BCUT2D eigenvalue weighted by molar-refractivity contribution is 0.660. The Morgan fingerprint density at radius 3 is 1.16 bits per heavy atom. The lowest BCUT2D eigenvalue weighted by atomic mass is 9.66. The van der Waals surface area contributed by atoms with Crippen molar-refractivity contribution in [1.82, 2.24) is 0 Å². The fourth-order valence-corrected chi connectivity index (χ4v) is 16.4. The van der Waals surface area contributed by atoms with Crippen molar-refractivity contribution in [2.75, 3.05) is 9.80 Å². The molecular weight excluding hydrogens is 973 g/mol. The molecule has 4 aliphatic carbocycles. The second-order valence-electron chi connectivity index (χ2n) is 24.0. The van der Waals surface area contributed by atoms with Crippen molar-refractivity contribution < 1.29 is 0 Å². The summed E-state index contributed by atoms with van der Waals surface area (Å²) in [6.45, 7) is 14.4. The van der Waals surface area contributed by atoms with Crippen LogP contribution in [0.3, 0.4) is 0 Å². The molecule has 0 N–H and O–H groups in total. The van der Waals surface area contributed by atoms with Crippen molar-refractivity contribution in [1.29, 1.82) is 0 Å². The quantitative estimate of drug-likeness (QED) is 0.164. The maximum Gasteiger partial charge on any atom is 0.0755 e. The van der Waals surface area contributed by atoms with Gasteiger partial charge in [0, 0.05) is 60.0 Å². The third-order valence-corrected chi connectivity index (χ3v) is 20.0. The van der Waals surface area contributed by atoms with Gasteiger partial charge in [-0.2, -0.15) is 0 Å². The third kappa shape index (κ3) is 6.25. The molecule has 11 aromatic rings. The molecule has 1 unspecified atom stereocenters. The Kier molecular flexibility index (Phi) is 9.68. The Bertz CT molecular complexity index is 4300. The second-order valence-corrected chi connectivity index (χ2v) is 25.1. The largest absolute Gasteiger partial charge is 0.310 e. The zero-order valence-electron chi connectivity index (χ0n) is 45.4. The van der Waals surface area contributed by atoms with Gasteiger partial charge in [-0.25, -0.2) is 0 Å². The molecule has 16 rings (SSSR count). The summed E-state index contributed by atoms with van der Waals surface area (Å²) in [5, 5.41) is 0. The number of hydrogen-bond acceptors (Lipinski definition) is 3. The number of hydrogen-bond donors (Lipinski definition) is 0. The van der Waals surface area contributed by atoms with E-state index in [-0.39, 0.29) is 16.2 Å². The number of para-hydroxylation sites is 1. The molecule has 1 spiro atoms. The molecule has 11 aromatic carbocycles. The van der Waals surface area contributed by atoms with Crippen LogP contribution in [-0.4, -0.2) is 0 Å². The van der Waals surface area contributed by atoms with E-state index < -0.39 is 5.41 Å². The average molecular weight is 1030 g/mol. The molecule has 0 bridgehead atoms. The molecule has 2 nitrogen and oxygen atoms in total. The van der Waals surface area contributed by atoms with Crippen LogP contribution in [0.4, 0.5) is 34.1 Å². The average Bonchev–Trinajstić information content (AvgIpc) is 4.21. The van der Waals surface area contributed by atoms with Crippen LogP contribution in [0.25, 0.3) is 44.5 Å².